The van der Waals surface area contributed by atoms with Crippen LogP contribution in [0.2, 0.25) is 0 Å². The Hall–Kier alpha value is -1.08. The number of pyridine rings is 1. The van der Waals surface area contributed by atoms with Crippen molar-refractivity contribution in [3.63, 3.8) is 0 Å². The fourth-order valence-corrected chi connectivity index (χ4v) is 4.21. The maximum atomic E-state index is 12.8. The van der Waals surface area contributed by atoms with Crippen LogP contribution in [-0.2, 0) is 16.0 Å². The predicted octanol–water partition coefficient (Wildman–Crippen LogP) is 2.14. The molecule has 0 spiro atoms. The summed E-state index contributed by atoms with van der Waals surface area (Å²) in [5.41, 5.74) is 7.24. The van der Waals surface area contributed by atoms with Crippen molar-refractivity contribution in [2.45, 2.75) is 50.7 Å². The van der Waals surface area contributed by atoms with E-state index in [0.29, 0.717) is 5.92 Å². The van der Waals surface area contributed by atoms with Crippen molar-refractivity contribution in [3.8, 4) is 0 Å². The molecule has 8 heteroatoms. The van der Waals surface area contributed by atoms with E-state index >= 15 is 0 Å². The second-order valence-electron chi connectivity index (χ2n) is 7.48. The number of hydrogen-bond donors (Lipinski definition) is 2. The van der Waals surface area contributed by atoms with E-state index < -0.39 is 0 Å². The summed E-state index contributed by atoms with van der Waals surface area (Å²) in [5, 5.41) is 0. The van der Waals surface area contributed by atoms with Crippen LogP contribution in [0.3, 0.4) is 0 Å². The third-order valence-electron chi connectivity index (χ3n) is 5.79. The molecule has 1 aromatic heterocycles. The van der Waals surface area contributed by atoms with Gasteiger partial charge in [0.2, 0.25) is 11.5 Å². The topological polar surface area (TPSA) is 88.4 Å². The highest BCUT2D eigenvalue weighted by Crippen LogP contribution is 2.29. The first-order valence-electron chi connectivity index (χ1n) is 9.31. The molecule has 2 aliphatic rings. The lowest BCUT2D eigenvalue weighted by Crippen LogP contribution is -2.48. The number of nitrogens with two attached hydrogens (primary N) is 1. The van der Waals surface area contributed by atoms with Crippen LogP contribution in [0.15, 0.2) is 23.1 Å². The third-order valence-corrected chi connectivity index (χ3v) is 5.79. The summed E-state index contributed by atoms with van der Waals surface area (Å²) in [6.07, 6.45) is 7.37. The van der Waals surface area contributed by atoms with Gasteiger partial charge >= 0.3 is 0 Å². The molecule has 2 fully saturated rings. The molecule has 154 valence electrons. The van der Waals surface area contributed by atoms with E-state index in [0.717, 1.165) is 57.2 Å². The van der Waals surface area contributed by atoms with Crippen molar-refractivity contribution in [2.24, 2.45) is 17.6 Å². The van der Waals surface area contributed by atoms with Gasteiger partial charge in [-0.15, -0.1) is 24.8 Å². The number of likely N-dealkylation sites (tertiary alicyclic amines) is 1. The van der Waals surface area contributed by atoms with Gasteiger partial charge in [-0.2, -0.15) is 0 Å². The number of nitrogens with zero attached hydrogens (tertiary/aromatic N) is 1. The number of methoxy groups -OCH3 is 1. The van der Waals surface area contributed by atoms with E-state index in [4.69, 9.17) is 10.5 Å². The predicted molar refractivity (Wildman–Crippen MR) is 111 cm³/mol. The lowest BCUT2D eigenvalue weighted by Gasteiger charge is -2.38. The third kappa shape index (κ3) is 6.21. The summed E-state index contributed by atoms with van der Waals surface area (Å²) < 4.78 is 5.38. The number of halogens is 2. The lowest BCUT2D eigenvalue weighted by atomic mass is 9.82. The minimum atomic E-state index is -0.0643. The van der Waals surface area contributed by atoms with Crippen LogP contribution in [-0.4, -0.2) is 48.1 Å². The quantitative estimate of drug-likeness (QED) is 0.781. The molecular formula is C19H31Cl2N3O3. The smallest absolute Gasteiger partial charge is 0.247 e. The molecule has 0 aromatic carbocycles. The Morgan fingerprint density at radius 2 is 1.93 bits per heavy atom. The van der Waals surface area contributed by atoms with Gasteiger partial charge in [0.25, 0.3) is 0 Å². The second kappa shape index (κ2) is 11.1. The number of aromatic amines is 1. The fourth-order valence-electron chi connectivity index (χ4n) is 4.21. The Kier molecular flexibility index (Phi) is 9.81. The number of rotatable bonds is 4. The van der Waals surface area contributed by atoms with Gasteiger partial charge in [-0.25, -0.2) is 0 Å². The number of aromatic nitrogens is 1. The molecule has 1 aliphatic heterocycles. The average Bonchev–Trinajstić information content (AvgIpc) is 2.63. The molecule has 0 bridgehead atoms. The summed E-state index contributed by atoms with van der Waals surface area (Å²) in [4.78, 5) is 28.7. The molecule has 1 saturated heterocycles. The van der Waals surface area contributed by atoms with Gasteiger partial charge in [0.15, 0.2) is 0 Å². The Balaban J connectivity index is 0.00000182. The highest BCUT2D eigenvalue weighted by atomic mass is 35.5. The fraction of sp³-hybridized carbons (Fsp3) is 0.684. The van der Waals surface area contributed by atoms with E-state index in [1.165, 1.54) is 0 Å². The Labute approximate surface area is 173 Å². The summed E-state index contributed by atoms with van der Waals surface area (Å²) in [5.74, 6) is 0.895. The van der Waals surface area contributed by atoms with Crippen LogP contribution in [0.1, 0.15) is 37.7 Å². The number of piperidine rings is 1. The first kappa shape index (κ1) is 24.0. The first-order valence-corrected chi connectivity index (χ1v) is 9.31. The van der Waals surface area contributed by atoms with E-state index in [-0.39, 0.29) is 54.3 Å². The van der Waals surface area contributed by atoms with Crippen LogP contribution in [0.5, 0.6) is 0 Å². The van der Waals surface area contributed by atoms with Crippen molar-refractivity contribution >= 4 is 30.7 Å². The molecule has 1 saturated carbocycles. The minimum Gasteiger partial charge on any atom is -0.380 e. The highest BCUT2D eigenvalue weighted by Gasteiger charge is 2.35. The van der Waals surface area contributed by atoms with E-state index in [1.807, 2.05) is 11.0 Å². The van der Waals surface area contributed by atoms with Gasteiger partial charge in [-0.1, -0.05) is 6.07 Å². The summed E-state index contributed by atoms with van der Waals surface area (Å²) in [6, 6.07) is 3.44. The molecule has 1 aromatic rings. The second-order valence-corrected chi connectivity index (χ2v) is 7.48. The van der Waals surface area contributed by atoms with Gasteiger partial charge in [-0.05, 0) is 50.0 Å². The molecule has 1 amide bonds. The molecule has 3 rings (SSSR count). The molecule has 0 radical (unpaired) electrons. The standard InChI is InChI=1S/C19H29N3O3.2ClH/c1-25-17-4-3-15(11-16(17)20)19(24)22-8-6-13(7-9-22)10-14-2-5-18(23)21-12-14;;/h2,5,12-13,15-17H,3-4,6-11,20H2,1H3,(H,21,23);2*1H/t15-,16+,17+;;/m0../s1. The maximum Gasteiger partial charge on any atom is 0.247 e. The SMILES string of the molecule is CO[C@@H]1CC[C@H](C(=O)N2CCC(Cc3ccc(=O)[nH]c3)CC2)C[C@H]1N.Cl.Cl. The number of hydrogen-bond acceptors (Lipinski definition) is 4. The molecule has 3 N–H and O–H groups in total. The van der Waals surface area contributed by atoms with Gasteiger partial charge in [0.1, 0.15) is 0 Å². The molecule has 6 nitrogen and oxygen atoms in total. The van der Waals surface area contributed by atoms with E-state index in [9.17, 15) is 9.59 Å². The van der Waals surface area contributed by atoms with Crippen LogP contribution in [0.4, 0.5) is 0 Å². The highest BCUT2D eigenvalue weighted by molar-refractivity contribution is 5.85. The van der Waals surface area contributed by atoms with Crippen molar-refractivity contribution in [1.29, 1.82) is 0 Å². The molecule has 3 atom stereocenters. The van der Waals surface area contributed by atoms with Crippen LogP contribution < -0.4 is 11.3 Å². The van der Waals surface area contributed by atoms with Crippen molar-refractivity contribution in [2.75, 3.05) is 20.2 Å². The van der Waals surface area contributed by atoms with Crippen molar-refractivity contribution in [1.82, 2.24) is 9.88 Å². The molecular weight excluding hydrogens is 389 g/mol. The molecule has 0 unspecified atom stereocenters. The van der Waals surface area contributed by atoms with Crippen LogP contribution in [0.25, 0.3) is 0 Å². The zero-order chi connectivity index (χ0) is 17.8. The number of ether oxygens (including phenoxy) is 1. The molecule has 2 heterocycles. The normalized spacial score (nSPS) is 26.0. The Morgan fingerprint density at radius 1 is 1.22 bits per heavy atom. The Morgan fingerprint density at radius 3 is 2.48 bits per heavy atom. The zero-order valence-electron chi connectivity index (χ0n) is 15.8. The first-order chi connectivity index (χ1) is 12.1. The van der Waals surface area contributed by atoms with Gasteiger partial charge < -0.3 is 20.4 Å². The number of amides is 1. The largest absolute Gasteiger partial charge is 0.380 e. The molecule has 1 aliphatic carbocycles. The zero-order valence-corrected chi connectivity index (χ0v) is 17.4. The number of carbonyl (C=O) groups excluding carboxylic acids is 1. The van der Waals surface area contributed by atoms with Gasteiger partial charge in [0.05, 0.1) is 6.10 Å². The number of carbonyl (C=O) groups is 1. The summed E-state index contributed by atoms with van der Waals surface area (Å²) >= 11 is 0. The lowest BCUT2D eigenvalue weighted by molar-refractivity contribution is -0.139. The minimum absolute atomic E-state index is 0. The summed E-state index contributed by atoms with van der Waals surface area (Å²) in [6.45, 7) is 1.65. The Bertz CT molecular complexity index is 627. The summed E-state index contributed by atoms with van der Waals surface area (Å²) in [7, 11) is 1.69. The molecule has 27 heavy (non-hydrogen) atoms. The number of nitrogens with one attached hydrogen (secondary N) is 1. The maximum absolute atomic E-state index is 12.8. The van der Waals surface area contributed by atoms with Crippen LogP contribution in [0, 0.1) is 11.8 Å². The number of H-pyrrole nitrogens is 1. The van der Waals surface area contributed by atoms with E-state index in [2.05, 4.69) is 4.98 Å². The monoisotopic (exact) mass is 419 g/mol. The van der Waals surface area contributed by atoms with Gasteiger partial charge in [-0.3, -0.25) is 9.59 Å². The van der Waals surface area contributed by atoms with Gasteiger partial charge in [0, 0.05) is 44.4 Å². The van der Waals surface area contributed by atoms with Crippen molar-refractivity contribution < 1.29 is 9.53 Å². The average molecular weight is 420 g/mol. The van der Waals surface area contributed by atoms with E-state index in [1.54, 1.807) is 19.4 Å². The van der Waals surface area contributed by atoms with Crippen LogP contribution >= 0.6 is 24.8 Å². The van der Waals surface area contributed by atoms with Crippen molar-refractivity contribution in [3.05, 3.63) is 34.2 Å².